The van der Waals surface area contributed by atoms with Crippen molar-refractivity contribution in [1.82, 2.24) is 4.90 Å². The largest absolute Gasteiger partial charge is 0.495 e. The number of benzene rings is 2. The molecule has 0 saturated carbocycles. The molecule has 0 unspecified atom stereocenters. The number of amides is 1. The van der Waals surface area contributed by atoms with E-state index in [4.69, 9.17) is 10.5 Å². The first-order valence-corrected chi connectivity index (χ1v) is 10.4. The second kappa shape index (κ2) is 6.87. The van der Waals surface area contributed by atoms with Crippen molar-refractivity contribution in [2.75, 3.05) is 38.2 Å². The Kier molecular flexibility index (Phi) is 4.50. The van der Waals surface area contributed by atoms with Crippen LogP contribution in [0.2, 0.25) is 0 Å². The molecule has 28 heavy (non-hydrogen) atoms. The van der Waals surface area contributed by atoms with Crippen LogP contribution in [0.3, 0.4) is 0 Å². The molecule has 4 rings (SSSR count). The number of ether oxygens (including phenoxy) is 1. The normalized spacial score (nSPS) is 18.2. The topological polar surface area (TPSA) is 92.9 Å². The van der Waals surface area contributed by atoms with Crippen molar-refractivity contribution in [3.8, 4) is 5.75 Å². The molecule has 1 fully saturated rings. The van der Waals surface area contributed by atoms with Crippen molar-refractivity contribution in [1.29, 1.82) is 0 Å². The molecule has 1 saturated heterocycles. The van der Waals surface area contributed by atoms with Crippen molar-refractivity contribution < 1.29 is 17.9 Å². The van der Waals surface area contributed by atoms with Crippen LogP contribution < -0.4 is 15.4 Å². The van der Waals surface area contributed by atoms with Crippen molar-refractivity contribution in [3.63, 3.8) is 0 Å². The van der Waals surface area contributed by atoms with E-state index >= 15 is 0 Å². The van der Waals surface area contributed by atoms with E-state index in [1.54, 1.807) is 25.3 Å². The zero-order valence-electron chi connectivity index (χ0n) is 15.5. The van der Waals surface area contributed by atoms with Crippen LogP contribution in [-0.2, 0) is 14.6 Å². The minimum absolute atomic E-state index is 0.144. The molecule has 0 bridgehead atoms. The minimum Gasteiger partial charge on any atom is -0.495 e. The van der Waals surface area contributed by atoms with Gasteiger partial charge in [-0.15, -0.1) is 0 Å². The number of methoxy groups -OCH3 is 1. The van der Waals surface area contributed by atoms with Crippen LogP contribution >= 0.6 is 0 Å². The van der Waals surface area contributed by atoms with Gasteiger partial charge in [-0.25, -0.2) is 8.42 Å². The van der Waals surface area contributed by atoms with Crippen LogP contribution in [-0.4, -0.2) is 52.5 Å². The van der Waals surface area contributed by atoms with Gasteiger partial charge in [0.1, 0.15) is 5.75 Å². The van der Waals surface area contributed by atoms with Gasteiger partial charge in [0.25, 0.3) is 5.91 Å². The number of para-hydroxylation sites is 2. The Hall–Kier alpha value is -3.00. The second-order valence-corrected chi connectivity index (χ2v) is 8.54. The Morgan fingerprint density at radius 2 is 1.57 bits per heavy atom. The summed E-state index contributed by atoms with van der Waals surface area (Å²) in [6.45, 7) is 2.46. The smallest absolute Gasteiger partial charge is 0.262 e. The number of hydrogen-bond acceptors (Lipinski definition) is 6. The van der Waals surface area contributed by atoms with Crippen molar-refractivity contribution >= 4 is 27.1 Å². The van der Waals surface area contributed by atoms with Gasteiger partial charge in [-0.3, -0.25) is 4.79 Å². The Bertz CT molecular complexity index is 1070. The third-order valence-corrected chi connectivity index (χ3v) is 7.03. The lowest BCUT2D eigenvalue weighted by atomic mass is 10.1. The number of sulfone groups is 1. The van der Waals surface area contributed by atoms with Gasteiger partial charge in [0.15, 0.2) is 4.91 Å². The monoisotopic (exact) mass is 399 g/mol. The summed E-state index contributed by atoms with van der Waals surface area (Å²) < 4.78 is 31.1. The SMILES string of the molecule is COc1ccccc1N1CCN(C2=C(C(N)=O)S(=O)(=O)c3ccccc32)CC1. The molecule has 0 spiro atoms. The number of rotatable bonds is 4. The number of carbonyl (C=O) groups is 1. The van der Waals surface area contributed by atoms with Crippen LogP contribution in [0.25, 0.3) is 5.70 Å². The molecule has 2 aliphatic rings. The molecule has 0 aromatic heterocycles. The molecule has 2 heterocycles. The number of fused-ring (bicyclic) bond motifs is 1. The highest BCUT2D eigenvalue weighted by atomic mass is 32.2. The van der Waals surface area contributed by atoms with Gasteiger partial charge in [0.05, 0.1) is 23.4 Å². The lowest BCUT2D eigenvalue weighted by Gasteiger charge is -2.38. The van der Waals surface area contributed by atoms with E-state index in [2.05, 4.69) is 4.90 Å². The fourth-order valence-electron chi connectivity index (χ4n) is 3.88. The number of nitrogens with zero attached hydrogens (tertiary/aromatic N) is 2. The van der Waals surface area contributed by atoms with Crippen LogP contribution in [0.4, 0.5) is 5.69 Å². The molecule has 7 nitrogen and oxygen atoms in total. The average molecular weight is 399 g/mol. The fraction of sp³-hybridized carbons (Fsp3) is 0.250. The second-order valence-electron chi connectivity index (χ2n) is 6.69. The summed E-state index contributed by atoms with van der Waals surface area (Å²) in [6.07, 6.45) is 0. The molecular formula is C20H21N3O4S. The Balaban J connectivity index is 1.67. The van der Waals surface area contributed by atoms with Crippen LogP contribution in [0, 0.1) is 0 Å². The Morgan fingerprint density at radius 3 is 2.25 bits per heavy atom. The first-order chi connectivity index (χ1) is 13.4. The van der Waals surface area contributed by atoms with Gasteiger partial charge in [-0.1, -0.05) is 30.3 Å². The minimum atomic E-state index is -3.89. The maximum atomic E-state index is 12.8. The van der Waals surface area contributed by atoms with Crippen LogP contribution in [0.1, 0.15) is 5.56 Å². The van der Waals surface area contributed by atoms with Crippen molar-refractivity contribution in [2.45, 2.75) is 4.90 Å². The first kappa shape index (κ1) is 18.4. The van der Waals surface area contributed by atoms with Gasteiger partial charge in [0, 0.05) is 31.7 Å². The lowest BCUT2D eigenvalue weighted by molar-refractivity contribution is -0.113. The van der Waals surface area contributed by atoms with Crippen molar-refractivity contribution in [2.24, 2.45) is 5.73 Å². The van der Waals surface area contributed by atoms with E-state index in [1.807, 2.05) is 29.2 Å². The standard InChI is InChI=1S/C20H21N3O4S/c1-27-16-8-4-3-7-15(16)22-10-12-23(13-11-22)18-14-6-2-5-9-17(14)28(25,26)19(18)20(21)24/h2-9H,10-13H2,1H3,(H2,21,24). The Morgan fingerprint density at radius 1 is 0.964 bits per heavy atom. The lowest BCUT2D eigenvalue weighted by Crippen LogP contribution is -2.46. The van der Waals surface area contributed by atoms with E-state index in [1.165, 1.54) is 6.07 Å². The van der Waals surface area contributed by atoms with Crippen molar-refractivity contribution in [3.05, 3.63) is 59.0 Å². The van der Waals surface area contributed by atoms with Gasteiger partial charge < -0.3 is 20.3 Å². The van der Waals surface area contributed by atoms with Gasteiger partial charge in [-0.05, 0) is 18.2 Å². The summed E-state index contributed by atoms with van der Waals surface area (Å²) in [4.78, 5) is 16.0. The molecule has 2 N–H and O–H groups in total. The molecule has 2 aliphatic heterocycles. The zero-order chi connectivity index (χ0) is 19.9. The average Bonchev–Trinajstić information content (AvgIpc) is 2.96. The number of nitrogens with two attached hydrogens (primary N) is 1. The number of piperazine rings is 1. The highest BCUT2D eigenvalue weighted by Crippen LogP contribution is 2.41. The number of anilines is 1. The van der Waals surface area contributed by atoms with Gasteiger partial charge in [-0.2, -0.15) is 0 Å². The highest BCUT2D eigenvalue weighted by molar-refractivity contribution is 7.97. The number of primary amides is 1. The number of carbonyl (C=O) groups excluding carboxylic acids is 1. The summed E-state index contributed by atoms with van der Waals surface area (Å²) in [6, 6.07) is 14.4. The summed E-state index contributed by atoms with van der Waals surface area (Å²) >= 11 is 0. The van der Waals surface area contributed by atoms with Gasteiger partial charge in [0.2, 0.25) is 9.84 Å². The van der Waals surface area contributed by atoms with E-state index in [9.17, 15) is 13.2 Å². The summed E-state index contributed by atoms with van der Waals surface area (Å²) in [7, 11) is -2.25. The maximum absolute atomic E-state index is 12.8. The molecule has 0 atom stereocenters. The van der Waals surface area contributed by atoms with E-state index in [0.717, 1.165) is 11.4 Å². The molecule has 0 aliphatic carbocycles. The van der Waals surface area contributed by atoms with E-state index in [-0.39, 0.29) is 9.80 Å². The molecule has 8 heteroatoms. The third kappa shape index (κ3) is 2.80. The third-order valence-electron chi connectivity index (χ3n) is 5.16. The zero-order valence-corrected chi connectivity index (χ0v) is 16.3. The molecular weight excluding hydrogens is 378 g/mol. The molecule has 2 aromatic carbocycles. The quantitative estimate of drug-likeness (QED) is 0.837. The molecule has 146 valence electrons. The summed E-state index contributed by atoms with van der Waals surface area (Å²) in [5.41, 5.74) is 7.43. The Labute approximate surface area is 163 Å². The molecule has 0 radical (unpaired) electrons. The highest BCUT2D eigenvalue weighted by Gasteiger charge is 2.41. The summed E-state index contributed by atoms with van der Waals surface area (Å²) in [5.74, 6) is -0.125. The number of hydrogen-bond donors (Lipinski definition) is 1. The molecule has 1 amide bonds. The summed E-state index contributed by atoms with van der Waals surface area (Å²) in [5, 5.41) is 0. The fourth-order valence-corrected chi connectivity index (χ4v) is 5.57. The van der Waals surface area contributed by atoms with Crippen LogP contribution in [0.5, 0.6) is 5.75 Å². The maximum Gasteiger partial charge on any atom is 0.262 e. The van der Waals surface area contributed by atoms with E-state index < -0.39 is 15.7 Å². The predicted molar refractivity (Wildman–Crippen MR) is 107 cm³/mol. The first-order valence-electron chi connectivity index (χ1n) is 8.96. The predicted octanol–water partition coefficient (Wildman–Crippen LogP) is 1.46. The van der Waals surface area contributed by atoms with Gasteiger partial charge >= 0.3 is 0 Å². The van der Waals surface area contributed by atoms with E-state index in [0.29, 0.717) is 37.4 Å². The van der Waals surface area contributed by atoms with Crippen LogP contribution in [0.15, 0.2) is 58.3 Å². The molecule has 2 aromatic rings.